The summed E-state index contributed by atoms with van der Waals surface area (Å²) in [6.45, 7) is 6.57. The molecular formula is C10H20N4O. The molecule has 0 fully saturated rings. The molecule has 0 radical (unpaired) electrons. The van der Waals surface area contributed by atoms with Crippen molar-refractivity contribution in [1.29, 1.82) is 0 Å². The summed E-state index contributed by atoms with van der Waals surface area (Å²) in [4.78, 5) is 0. The van der Waals surface area contributed by atoms with Gasteiger partial charge in [0.1, 0.15) is 12.9 Å². The lowest BCUT2D eigenvalue weighted by Crippen LogP contribution is -2.24. The van der Waals surface area contributed by atoms with Gasteiger partial charge in [-0.05, 0) is 13.0 Å². The van der Waals surface area contributed by atoms with Gasteiger partial charge in [0.05, 0.1) is 0 Å². The fourth-order valence-corrected chi connectivity index (χ4v) is 1.17. The van der Waals surface area contributed by atoms with Crippen LogP contribution in [0.15, 0.2) is 6.33 Å². The van der Waals surface area contributed by atoms with Crippen molar-refractivity contribution >= 4 is 0 Å². The number of aryl methyl sites for hydroxylation is 1. The van der Waals surface area contributed by atoms with Gasteiger partial charge in [-0.3, -0.25) is 0 Å². The second-order valence-corrected chi connectivity index (χ2v) is 3.87. The highest BCUT2D eigenvalue weighted by atomic mass is 16.5. The van der Waals surface area contributed by atoms with Crippen LogP contribution in [0, 0.1) is 0 Å². The van der Waals surface area contributed by atoms with E-state index in [1.54, 1.807) is 6.33 Å². The maximum absolute atomic E-state index is 5.48. The topological polar surface area (TPSA) is 52.0 Å². The molecule has 5 nitrogen and oxygen atoms in total. The van der Waals surface area contributed by atoms with Crippen LogP contribution in [-0.4, -0.2) is 34.0 Å². The molecule has 1 N–H and O–H groups in total. The number of aromatic nitrogens is 3. The van der Waals surface area contributed by atoms with E-state index in [1.807, 2.05) is 11.6 Å². The summed E-state index contributed by atoms with van der Waals surface area (Å²) in [5, 5.41) is 11.1. The van der Waals surface area contributed by atoms with Crippen LogP contribution in [0.25, 0.3) is 0 Å². The molecule has 0 atom stereocenters. The standard InChI is InChI=1S/C10H20N4O/c1-9(2)11-5-4-6-15-7-10-13-12-8-14(10)3/h8-9,11H,4-7H2,1-3H3. The minimum Gasteiger partial charge on any atom is -0.373 e. The summed E-state index contributed by atoms with van der Waals surface area (Å²) >= 11 is 0. The lowest BCUT2D eigenvalue weighted by atomic mass is 10.3. The maximum atomic E-state index is 5.48. The van der Waals surface area contributed by atoms with Gasteiger partial charge >= 0.3 is 0 Å². The predicted octanol–water partition coefficient (Wildman–Crippen LogP) is 0.720. The van der Waals surface area contributed by atoms with Gasteiger partial charge in [-0.25, -0.2) is 0 Å². The molecule has 0 spiro atoms. The summed E-state index contributed by atoms with van der Waals surface area (Å²) < 4.78 is 7.34. The molecule has 1 heterocycles. The van der Waals surface area contributed by atoms with E-state index in [1.165, 1.54) is 0 Å². The van der Waals surface area contributed by atoms with Crippen LogP contribution in [0.5, 0.6) is 0 Å². The summed E-state index contributed by atoms with van der Waals surface area (Å²) in [6, 6.07) is 0.545. The van der Waals surface area contributed by atoms with Gasteiger partial charge < -0.3 is 14.6 Å². The van der Waals surface area contributed by atoms with Crippen molar-refractivity contribution in [3.8, 4) is 0 Å². The third kappa shape index (κ3) is 4.90. The number of rotatable bonds is 7. The first-order valence-corrected chi connectivity index (χ1v) is 5.34. The Morgan fingerprint density at radius 2 is 2.33 bits per heavy atom. The molecule has 0 saturated heterocycles. The van der Waals surface area contributed by atoms with E-state index in [2.05, 4.69) is 29.4 Å². The minimum absolute atomic E-state index is 0.540. The molecule has 0 saturated carbocycles. The third-order valence-electron chi connectivity index (χ3n) is 2.05. The monoisotopic (exact) mass is 212 g/mol. The number of hydrogen-bond donors (Lipinski definition) is 1. The van der Waals surface area contributed by atoms with Crippen LogP contribution in [0.2, 0.25) is 0 Å². The lowest BCUT2D eigenvalue weighted by molar-refractivity contribution is 0.111. The highest BCUT2D eigenvalue weighted by molar-refractivity contribution is 4.80. The summed E-state index contributed by atoms with van der Waals surface area (Å²) in [6.07, 6.45) is 2.70. The highest BCUT2D eigenvalue weighted by Crippen LogP contribution is 1.95. The molecule has 0 aliphatic heterocycles. The van der Waals surface area contributed by atoms with Gasteiger partial charge in [-0.2, -0.15) is 0 Å². The van der Waals surface area contributed by atoms with Crippen molar-refractivity contribution in [2.45, 2.75) is 32.9 Å². The van der Waals surface area contributed by atoms with Gasteiger partial charge in [0.2, 0.25) is 0 Å². The van der Waals surface area contributed by atoms with Crippen molar-refractivity contribution in [1.82, 2.24) is 20.1 Å². The van der Waals surface area contributed by atoms with Gasteiger partial charge in [-0.1, -0.05) is 13.8 Å². The van der Waals surface area contributed by atoms with Gasteiger partial charge in [0.25, 0.3) is 0 Å². The number of nitrogens with zero attached hydrogens (tertiary/aromatic N) is 3. The van der Waals surface area contributed by atoms with Crippen molar-refractivity contribution in [3.05, 3.63) is 12.2 Å². The number of ether oxygens (including phenoxy) is 1. The molecule has 1 aromatic rings. The molecule has 0 bridgehead atoms. The Balaban J connectivity index is 2.00. The van der Waals surface area contributed by atoms with Crippen molar-refractivity contribution in [3.63, 3.8) is 0 Å². The van der Waals surface area contributed by atoms with Gasteiger partial charge in [0, 0.05) is 19.7 Å². The average Bonchev–Trinajstić information content (AvgIpc) is 2.57. The van der Waals surface area contributed by atoms with Crippen molar-refractivity contribution in [2.24, 2.45) is 7.05 Å². The Bertz CT molecular complexity index is 272. The van der Waals surface area contributed by atoms with E-state index >= 15 is 0 Å². The zero-order valence-corrected chi connectivity index (χ0v) is 9.73. The predicted molar refractivity (Wildman–Crippen MR) is 58.4 cm³/mol. The molecule has 1 aromatic heterocycles. The average molecular weight is 212 g/mol. The van der Waals surface area contributed by atoms with Gasteiger partial charge in [0.15, 0.2) is 5.82 Å². The Hall–Kier alpha value is -0.940. The summed E-state index contributed by atoms with van der Waals surface area (Å²) in [5.74, 6) is 0.867. The highest BCUT2D eigenvalue weighted by Gasteiger charge is 1.99. The van der Waals surface area contributed by atoms with E-state index < -0.39 is 0 Å². The first-order valence-electron chi connectivity index (χ1n) is 5.34. The lowest BCUT2D eigenvalue weighted by Gasteiger charge is -2.07. The van der Waals surface area contributed by atoms with E-state index in [0.29, 0.717) is 12.6 Å². The fraction of sp³-hybridized carbons (Fsp3) is 0.800. The molecule has 5 heteroatoms. The molecule has 0 aromatic carbocycles. The zero-order chi connectivity index (χ0) is 11.1. The summed E-state index contributed by atoms with van der Waals surface area (Å²) in [5.41, 5.74) is 0. The van der Waals surface area contributed by atoms with E-state index in [4.69, 9.17) is 4.74 Å². The zero-order valence-electron chi connectivity index (χ0n) is 9.73. The molecule has 86 valence electrons. The van der Waals surface area contributed by atoms with Crippen molar-refractivity contribution in [2.75, 3.05) is 13.2 Å². The SMILES string of the molecule is CC(C)NCCCOCc1nncn1C. The third-order valence-corrected chi connectivity index (χ3v) is 2.05. The van der Waals surface area contributed by atoms with E-state index in [-0.39, 0.29) is 0 Å². The van der Waals surface area contributed by atoms with Gasteiger partial charge in [-0.15, -0.1) is 10.2 Å². The second-order valence-electron chi connectivity index (χ2n) is 3.87. The van der Waals surface area contributed by atoms with Crippen LogP contribution in [0.1, 0.15) is 26.1 Å². The van der Waals surface area contributed by atoms with E-state index in [0.717, 1.165) is 25.4 Å². The Morgan fingerprint density at radius 1 is 1.53 bits per heavy atom. The number of nitrogens with one attached hydrogen (secondary N) is 1. The molecule has 0 aliphatic carbocycles. The summed E-state index contributed by atoms with van der Waals surface area (Å²) in [7, 11) is 1.92. The normalized spacial score (nSPS) is 11.2. The minimum atomic E-state index is 0.540. The van der Waals surface area contributed by atoms with Crippen molar-refractivity contribution < 1.29 is 4.74 Å². The Labute approximate surface area is 90.8 Å². The van der Waals surface area contributed by atoms with Crippen LogP contribution < -0.4 is 5.32 Å². The van der Waals surface area contributed by atoms with E-state index in [9.17, 15) is 0 Å². The number of hydrogen-bond acceptors (Lipinski definition) is 4. The Morgan fingerprint density at radius 3 is 2.93 bits per heavy atom. The smallest absolute Gasteiger partial charge is 0.158 e. The van der Waals surface area contributed by atoms with Crippen LogP contribution in [-0.2, 0) is 18.4 Å². The Kier molecular flexibility index (Phi) is 5.28. The van der Waals surface area contributed by atoms with Crippen LogP contribution in [0.4, 0.5) is 0 Å². The fourth-order valence-electron chi connectivity index (χ4n) is 1.17. The quantitative estimate of drug-likeness (QED) is 0.677. The molecule has 0 amide bonds. The van der Waals surface area contributed by atoms with Crippen LogP contribution in [0.3, 0.4) is 0 Å². The molecular weight excluding hydrogens is 192 g/mol. The largest absolute Gasteiger partial charge is 0.373 e. The van der Waals surface area contributed by atoms with Crippen LogP contribution >= 0.6 is 0 Å². The molecule has 0 unspecified atom stereocenters. The molecule has 0 aliphatic rings. The first kappa shape index (κ1) is 12.1. The first-order chi connectivity index (χ1) is 7.20. The molecule has 1 rings (SSSR count). The molecule has 15 heavy (non-hydrogen) atoms. The maximum Gasteiger partial charge on any atom is 0.158 e. The second kappa shape index (κ2) is 6.53.